The van der Waals surface area contributed by atoms with Crippen LogP contribution in [0.15, 0.2) is 48.5 Å². The van der Waals surface area contributed by atoms with Crippen molar-refractivity contribution in [3.8, 4) is 11.5 Å². The summed E-state index contributed by atoms with van der Waals surface area (Å²) in [5, 5.41) is 3.59. The molecule has 0 unspecified atom stereocenters. The van der Waals surface area contributed by atoms with E-state index < -0.39 is 0 Å². The lowest BCUT2D eigenvalue weighted by molar-refractivity contribution is 0.0919. The molecule has 1 aliphatic rings. The largest absolute Gasteiger partial charge is 0.493 e. The summed E-state index contributed by atoms with van der Waals surface area (Å²) in [5.74, 6) is 1.21. The molecule has 4 nitrogen and oxygen atoms in total. The Balaban J connectivity index is 1.58. The summed E-state index contributed by atoms with van der Waals surface area (Å²) in [4.78, 5) is 12.2. The van der Waals surface area contributed by atoms with Crippen molar-refractivity contribution in [2.45, 2.75) is 38.3 Å². The minimum Gasteiger partial charge on any atom is -0.493 e. The van der Waals surface area contributed by atoms with Gasteiger partial charge >= 0.3 is 0 Å². The van der Waals surface area contributed by atoms with Crippen LogP contribution >= 0.6 is 0 Å². The summed E-state index contributed by atoms with van der Waals surface area (Å²) >= 11 is 0. The van der Waals surface area contributed by atoms with Crippen LogP contribution in [0.2, 0.25) is 0 Å². The maximum atomic E-state index is 12.2. The zero-order valence-corrected chi connectivity index (χ0v) is 14.7. The molecule has 4 heteroatoms. The van der Waals surface area contributed by atoms with Crippen molar-refractivity contribution in [1.82, 2.24) is 5.32 Å². The zero-order valence-electron chi connectivity index (χ0n) is 14.7. The highest BCUT2D eigenvalue weighted by Crippen LogP contribution is 2.28. The first-order valence-electron chi connectivity index (χ1n) is 8.87. The molecule has 1 N–H and O–H groups in total. The summed E-state index contributed by atoms with van der Waals surface area (Å²) in [6.07, 6.45) is 5.17. The van der Waals surface area contributed by atoms with Crippen LogP contribution in [0.25, 0.3) is 0 Å². The number of carbonyl (C=O) groups excluding carboxylic acids is 1. The minimum absolute atomic E-state index is 0.0000437. The van der Waals surface area contributed by atoms with Crippen molar-refractivity contribution in [3.63, 3.8) is 0 Å². The van der Waals surface area contributed by atoms with Gasteiger partial charge in [-0.2, -0.15) is 0 Å². The maximum Gasteiger partial charge on any atom is 0.200 e. The Morgan fingerprint density at radius 1 is 1.08 bits per heavy atom. The molecular formula is C21H25NO3. The molecule has 25 heavy (non-hydrogen) atoms. The number of hydrogen-bond acceptors (Lipinski definition) is 4. The van der Waals surface area contributed by atoms with Crippen molar-refractivity contribution >= 4 is 5.78 Å². The van der Waals surface area contributed by atoms with Gasteiger partial charge in [0.1, 0.15) is 0 Å². The SMILES string of the molecule is COc1cc(CNC2CCCC2)ccc1OCC(=O)c1ccccc1. The Bertz CT molecular complexity index is 694. The Hall–Kier alpha value is -2.33. The van der Waals surface area contributed by atoms with Crippen molar-refractivity contribution < 1.29 is 14.3 Å². The van der Waals surface area contributed by atoms with Crippen molar-refractivity contribution in [3.05, 3.63) is 59.7 Å². The Labute approximate surface area is 149 Å². The van der Waals surface area contributed by atoms with Crippen LogP contribution in [-0.2, 0) is 6.54 Å². The summed E-state index contributed by atoms with van der Waals surface area (Å²) in [7, 11) is 1.62. The van der Waals surface area contributed by atoms with E-state index in [2.05, 4.69) is 5.32 Å². The molecule has 2 aromatic carbocycles. The summed E-state index contributed by atoms with van der Waals surface area (Å²) < 4.78 is 11.1. The highest BCUT2D eigenvalue weighted by atomic mass is 16.5. The average molecular weight is 339 g/mol. The molecule has 0 aromatic heterocycles. The van der Waals surface area contributed by atoms with E-state index in [1.807, 2.05) is 36.4 Å². The molecule has 0 aliphatic heterocycles. The van der Waals surface area contributed by atoms with Gasteiger partial charge in [0, 0.05) is 18.2 Å². The lowest BCUT2D eigenvalue weighted by Crippen LogP contribution is -2.25. The number of methoxy groups -OCH3 is 1. The number of carbonyl (C=O) groups is 1. The third-order valence-electron chi connectivity index (χ3n) is 4.63. The van der Waals surface area contributed by atoms with Crippen LogP contribution in [0.1, 0.15) is 41.6 Å². The van der Waals surface area contributed by atoms with Gasteiger partial charge in [-0.25, -0.2) is 0 Å². The maximum absolute atomic E-state index is 12.2. The number of hydrogen-bond donors (Lipinski definition) is 1. The Morgan fingerprint density at radius 3 is 2.56 bits per heavy atom. The lowest BCUT2D eigenvalue weighted by Gasteiger charge is -2.14. The Morgan fingerprint density at radius 2 is 1.84 bits per heavy atom. The first kappa shape index (κ1) is 17.5. The number of ketones is 1. The second-order valence-electron chi connectivity index (χ2n) is 6.43. The van der Waals surface area contributed by atoms with E-state index in [0.29, 0.717) is 23.1 Å². The minimum atomic E-state index is -0.0466. The molecule has 0 bridgehead atoms. The number of benzene rings is 2. The van der Waals surface area contributed by atoms with Crippen LogP contribution in [0.4, 0.5) is 0 Å². The van der Waals surface area contributed by atoms with Gasteiger partial charge in [-0.1, -0.05) is 49.2 Å². The second-order valence-corrected chi connectivity index (χ2v) is 6.43. The highest BCUT2D eigenvalue weighted by Gasteiger charge is 2.15. The van der Waals surface area contributed by atoms with E-state index in [-0.39, 0.29) is 12.4 Å². The van der Waals surface area contributed by atoms with Gasteiger partial charge < -0.3 is 14.8 Å². The molecule has 0 saturated heterocycles. The number of rotatable bonds is 8. The van der Waals surface area contributed by atoms with E-state index in [4.69, 9.17) is 9.47 Å². The lowest BCUT2D eigenvalue weighted by atomic mass is 10.1. The van der Waals surface area contributed by atoms with Crippen LogP contribution in [0.5, 0.6) is 11.5 Å². The van der Waals surface area contributed by atoms with E-state index in [9.17, 15) is 4.79 Å². The number of nitrogens with one attached hydrogen (secondary N) is 1. The van der Waals surface area contributed by atoms with E-state index in [1.165, 1.54) is 25.7 Å². The van der Waals surface area contributed by atoms with Gasteiger partial charge in [0.25, 0.3) is 0 Å². The summed E-state index contributed by atoms with van der Waals surface area (Å²) in [5.41, 5.74) is 1.81. The predicted octanol–water partition coefficient (Wildman–Crippen LogP) is 3.99. The average Bonchev–Trinajstić information content (AvgIpc) is 3.19. The number of ether oxygens (including phenoxy) is 2. The fourth-order valence-corrected chi connectivity index (χ4v) is 3.18. The molecule has 132 valence electrons. The fraction of sp³-hybridized carbons (Fsp3) is 0.381. The monoisotopic (exact) mass is 339 g/mol. The smallest absolute Gasteiger partial charge is 0.200 e. The molecule has 0 atom stereocenters. The molecule has 3 rings (SSSR count). The van der Waals surface area contributed by atoms with Crippen molar-refractivity contribution in [1.29, 1.82) is 0 Å². The van der Waals surface area contributed by atoms with E-state index >= 15 is 0 Å². The first-order valence-corrected chi connectivity index (χ1v) is 8.87. The Kier molecular flexibility index (Phi) is 6.07. The summed E-state index contributed by atoms with van der Waals surface area (Å²) in [6.45, 7) is 0.824. The second kappa shape index (κ2) is 8.67. The van der Waals surface area contributed by atoms with Crippen molar-refractivity contribution in [2.24, 2.45) is 0 Å². The molecule has 0 radical (unpaired) electrons. The van der Waals surface area contributed by atoms with Gasteiger partial charge in [0.05, 0.1) is 7.11 Å². The van der Waals surface area contributed by atoms with E-state index in [1.54, 1.807) is 19.2 Å². The van der Waals surface area contributed by atoms with Gasteiger partial charge in [-0.15, -0.1) is 0 Å². The van der Waals surface area contributed by atoms with Crippen LogP contribution in [0.3, 0.4) is 0 Å². The molecule has 0 amide bonds. The predicted molar refractivity (Wildman–Crippen MR) is 98.4 cm³/mol. The van der Waals surface area contributed by atoms with Gasteiger partial charge in [0.15, 0.2) is 23.9 Å². The van der Waals surface area contributed by atoms with Crippen LogP contribution in [0, 0.1) is 0 Å². The zero-order chi connectivity index (χ0) is 17.5. The topological polar surface area (TPSA) is 47.6 Å². The fourth-order valence-electron chi connectivity index (χ4n) is 3.18. The number of Topliss-reactive ketones (excluding diaryl/α,β-unsaturated/α-hetero) is 1. The molecule has 0 heterocycles. The molecule has 1 aliphatic carbocycles. The van der Waals surface area contributed by atoms with E-state index in [0.717, 1.165) is 12.1 Å². The molecule has 1 fully saturated rings. The van der Waals surface area contributed by atoms with Gasteiger partial charge in [-0.05, 0) is 30.5 Å². The molecule has 0 spiro atoms. The standard InChI is InChI=1S/C21H25NO3/c1-24-21-13-16(14-22-18-9-5-6-10-18)11-12-20(21)25-15-19(23)17-7-3-2-4-8-17/h2-4,7-8,11-13,18,22H,5-6,9-10,14-15H2,1H3. The molecular weight excluding hydrogens is 314 g/mol. The van der Waals surface area contributed by atoms with Gasteiger partial charge in [0.2, 0.25) is 0 Å². The van der Waals surface area contributed by atoms with Crippen LogP contribution < -0.4 is 14.8 Å². The third-order valence-corrected chi connectivity index (χ3v) is 4.63. The quantitative estimate of drug-likeness (QED) is 0.739. The highest BCUT2D eigenvalue weighted by molar-refractivity contribution is 5.97. The first-order chi connectivity index (χ1) is 12.3. The normalized spacial score (nSPS) is 14.4. The molecule has 1 saturated carbocycles. The summed E-state index contributed by atoms with van der Waals surface area (Å²) in [6, 6.07) is 15.7. The van der Waals surface area contributed by atoms with Crippen LogP contribution in [-0.4, -0.2) is 25.5 Å². The van der Waals surface area contributed by atoms with Gasteiger partial charge in [-0.3, -0.25) is 4.79 Å². The molecule has 2 aromatic rings. The van der Waals surface area contributed by atoms with Crippen molar-refractivity contribution in [2.75, 3.05) is 13.7 Å². The third kappa shape index (κ3) is 4.83.